The van der Waals surface area contributed by atoms with E-state index in [4.69, 9.17) is 93.9 Å². The zero-order valence-corrected chi connectivity index (χ0v) is 86.6. The van der Waals surface area contributed by atoms with Crippen molar-refractivity contribution in [3.05, 3.63) is 0 Å². The Hall–Kier alpha value is -5.22. The maximum absolute atomic E-state index is 12.1. The van der Waals surface area contributed by atoms with Crippen LogP contribution >= 0.6 is 0 Å². The van der Waals surface area contributed by atoms with Crippen molar-refractivity contribution in [1.82, 2.24) is 0 Å². The molecule has 0 amide bonds. The first kappa shape index (κ1) is 112. The number of hydrogen-bond donors (Lipinski definition) is 0. The topological polar surface area (TPSA) is 470 Å². The number of hydrogen-bond acceptors (Lipinski definition) is 39. The first-order valence-electron chi connectivity index (χ1n) is 45.7. The van der Waals surface area contributed by atoms with E-state index in [9.17, 15) is 67.1 Å². The summed E-state index contributed by atoms with van der Waals surface area (Å²) in [4.78, 5) is 160. The van der Waals surface area contributed by atoms with Gasteiger partial charge >= 0.3 is 144 Å². The van der Waals surface area contributed by atoms with Crippen molar-refractivity contribution in [3.63, 3.8) is 0 Å². The highest BCUT2D eigenvalue weighted by atomic mass is 28.4. The smallest absolute Gasteiger partial charge is 0.398 e. The monoisotopic (exact) mass is 1970 g/mol. The van der Waals surface area contributed by atoms with E-state index in [0.29, 0.717) is 97.0 Å². The molecule has 19 unspecified atom stereocenters. The van der Waals surface area contributed by atoms with Crippen LogP contribution < -0.4 is 0 Å². The lowest BCUT2D eigenvalue weighted by Crippen LogP contribution is -2.53. The van der Waals surface area contributed by atoms with Gasteiger partial charge in [0.25, 0.3) is 0 Å². The van der Waals surface area contributed by atoms with Crippen molar-refractivity contribution in [2.75, 3.05) is 124 Å². The fourth-order valence-electron chi connectivity index (χ4n) is 21.4. The molecule has 0 radical (unpaired) electrons. The number of carbonyl (C=O) groups is 14. The molecule has 740 valence electrons. The van der Waals surface area contributed by atoms with E-state index in [0.717, 1.165) is 69.9 Å². The van der Waals surface area contributed by atoms with Crippen molar-refractivity contribution in [3.8, 4) is 0 Å². The minimum absolute atomic E-state index is 0.0807. The first-order chi connectivity index (χ1) is 61.8. The molecule has 13 fully saturated rings. The van der Waals surface area contributed by atoms with Crippen molar-refractivity contribution >= 4 is 144 Å². The third-order valence-corrected chi connectivity index (χ3v) is 50.2. The second kappa shape index (κ2) is 51.3. The van der Waals surface area contributed by atoms with Gasteiger partial charge in [0.15, 0.2) is 0 Å². The molecule has 130 heavy (non-hydrogen) atoms. The molecule has 7 saturated heterocycles. The third-order valence-electron chi connectivity index (χ3n) is 27.6. The second-order valence-corrected chi connectivity index (χ2v) is 56.9. The Balaban J connectivity index is 0.000000208. The Morgan fingerprint density at radius 2 is 0.515 bits per heavy atom. The number of carbonyl (C=O) groups excluding carboxylic acids is 14. The summed E-state index contributed by atoms with van der Waals surface area (Å²) >= 11 is 0. The molecule has 13 rings (SSSR count). The lowest BCUT2D eigenvalue weighted by Gasteiger charge is -2.39. The Kier molecular flexibility index (Phi) is 44.1. The molecule has 13 aliphatic rings. The van der Waals surface area contributed by atoms with Gasteiger partial charge in [0.05, 0.1) is 84.9 Å². The number of ether oxygens (including phenoxy) is 7. The fraction of sp³-hybridized carbons (Fsp3) is 0.833. The lowest BCUT2D eigenvalue weighted by molar-refractivity contribution is -0.156. The number of rotatable bonds is 45. The van der Waals surface area contributed by atoms with Gasteiger partial charge in [-0.3, -0.25) is 67.1 Å². The second-order valence-electron chi connectivity index (χ2n) is 34.6. The highest BCUT2D eigenvalue weighted by Gasteiger charge is 2.72. The van der Waals surface area contributed by atoms with Gasteiger partial charge in [-0.25, -0.2) is 0 Å². The van der Waals surface area contributed by atoms with Crippen LogP contribution in [-0.2, 0) is 180 Å². The van der Waals surface area contributed by atoms with Crippen molar-refractivity contribution in [2.24, 2.45) is 94.7 Å². The lowest BCUT2D eigenvalue weighted by atomic mass is 9.81. The predicted octanol–water partition coefficient (Wildman–Crippen LogP) is 9.29. The van der Waals surface area contributed by atoms with Gasteiger partial charge in [-0.1, -0.05) is 12.8 Å². The van der Waals surface area contributed by atoms with E-state index in [1.54, 1.807) is 71.1 Å². The average Bonchev–Trinajstić information content (AvgIpc) is 1.57. The van der Waals surface area contributed by atoms with Crippen LogP contribution in [0, 0.1) is 94.7 Å². The molecule has 0 aromatic heterocycles. The van der Waals surface area contributed by atoms with E-state index in [-0.39, 0.29) is 185 Å². The van der Waals surface area contributed by atoms with Gasteiger partial charge in [-0.05, 0) is 200 Å². The van der Waals surface area contributed by atoms with Crippen LogP contribution in [0.1, 0.15) is 171 Å². The molecule has 6 aliphatic carbocycles. The maximum atomic E-state index is 12.1. The Morgan fingerprint density at radius 3 is 0.777 bits per heavy atom. The number of esters is 14. The van der Waals surface area contributed by atoms with Crippen molar-refractivity contribution in [1.29, 1.82) is 0 Å². The molecule has 39 nitrogen and oxygen atoms in total. The van der Waals surface area contributed by atoms with E-state index in [1.807, 2.05) is 75.0 Å². The van der Waals surface area contributed by atoms with Crippen LogP contribution in [0.15, 0.2) is 0 Å². The summed E-state index contributed by atoms with van der Waals surface area (Å²) < 4.78 is 133. The SMILES string of the molecule is CCO[Si](C)(CCCC1CC(=O)OC1=O)OCC.CCO[Si](CCCC1CC(=O)OC1=O)(OCC)OCC.CCO[Si](OCC)(OCC)C1CC2CC1C1C(=O)OC(=O)C21.CO[Si](C)(CCCC1CC(=O)OC1=O)OC.CO[Si](C)(OC)C1CC2CC1C1C(=O)OC(=O)C21.CO[Si](CCCC1CC(=O)OC1=O)(OC)OC.CO[Si](OC)(OC)C1CC2CC1C1C(=O)OC(=O)C21. The molecule has 0 N–H and O–H groups in total. The molecule has 7 aliphatic heterocycles. The predicted molar refractivity (Wildman–Crippen MR) is 468 cm³/mol. The summed E-state index contributed by atoms with van der Waals surface area (Å²) in [6.07, 6.45) is 11.7. The van der Waals surface area contributed by atoms with Crippen LogP contribution in [0.3, 0.4) is 0 Å². The largest absolute Gasteiger partial charge is 0.504 e. The minimum Gasteiger partial charge on any atom is -0.398 e. The molecule has 46 heteroatoms. The van der Waals surface area contributed by atoms with Gasteiger partial charge in [-0.2, -0.15) is 0 Å². The molecule has 6 bridgehead atoms. The third kappa shape index (κ3) is 27.2. The van der Waals surface area contributed by atoms with E-state index < -0.39 is 96.7 Å². The molecular weight excluding hydrogens is 1830 g/mol. The Morgan fingerprint density at radius 1 is 0.254 bits per heavy atom. The molecule has 0 aromatic carbocycles. The van der Waals surface area contributed by atoms with Gasteiger partial charge in [-0.15, -0.1) is 0 Å². The summed E-state index contributed by atoms with van der Waals surface area (Å²) in [5, 5.41) is 0. The molecule has 0 spiro atoms. The van der Waals surface area contributed by atoms with E-state index in [1.165, 1.54) is 0 Å². The van der Waals surface area contributed by atoms with Crippen LogP contribution in [0.4, 0.5) is 0 Å². The summed E-state index contributed by atoms with van der Waals surface area (Å²) in [6.45, 7) is 26.0. The zero-order valence-electron chi connectivity index (χ0n) is 79.6. The van der Waals surface area contributed by atoms with Crippen LogP contribution in [0.2, 0.25) is 60.4 Å². The standard InChI is InChI=1S/C15H24O6Si.C13H24O6Si.C12H18O6Si.C12H18O5Si.C12H22O5Si.C10H18O6Si.C10H18O5Si/c1-4-18-22(19-5-2,20-6-3)11-8-9-7-10(11)13-12(9)14(16)21-15(13)17;1-4-16-20(17-5-2,18-6-3)9-7-8-11-10-12(14)19-13(11)15;1-15-19(16-2,17-3)8-5-6-4-7(8)10-9(6)11(13)18-12(10)14;1-15-18(3,16-2)8-5-6-4-7(8)10-9(6)11(13)17-12(10)14;1-4-15-18(3,16-5-2)8-6-7-10-9-11(13)17-12(10)14;1-13-17(14-2,15-3)6-4-5-8-7-9(11)16-10(8)12;1-13-16(3,14-2)6-4-5-8-7-9(11)15-10(8)12/h9-13H,4-8H2,1-3H3;11H,4-10H2,1-3H3;6-10H,4-5H2,1-3H3;6-10H,4-5H2,1-3H3;10H,4-9H2,1-3H3;8H,4-7H2,1-3H3;8H,4-7H2,1-3H3. The summed E-state index contributed by atoms with van der Waals surface area (Å²) in [5.41, 5.74) is 0.464. The molecule has 19 atom stereocenters. The minimum atomic E-state index is -2.85. The molecule has 6 saturated carbocycles. The molecule has 7 heterocycles. The van der Waals surface area contributed by atoms with Gasteiger partial charge in [0.2, 0.25) is 0 Å². The number of cyclic esters (lactones) is 14. The average molecular weight is 1970 g/mol. The van der Waals surface area contributed by atoms with Crippen LogP contribution in [0.5, 0.6) is 0 Å². The summed E-state index contributed by atoms with van der Waals surface area (Å²) in [7, 11) is -1.18. The van der Waals surface area contributed by atoms with Crippen molar-refractivity contribution < 1.29 is 180 Å². The highest BCUT2D eigenvalue weighted by Crippen LogP contribution is 2.66. The zero-order chi connectivity index (χ0) is 96.4. The van der Waals surface area contributed by atoms with E-state index in [2.05, 4.69) is 18.9 Å². The quantitative estimate of drug-likeness (QED) is 0.0237. The highest BCUT2D eigenvalue weighted by molar-refractivity contribution is 6.68. The van der Waals surface area contributed by atoms with E-state index >= 15 is 0 Å². The van der Waals surface area contributed by atoms with Gasteiger partial charge < -0.3 is 113 Å². The maximum Gasteiger partial charge on any atom is 0.504 e. The first-order valence-corrected chi connectivity index (χ1v) is 60.6. The Labute approximate surface area is 770 Å². The Bertz CT molecular complexity index is 3770. The van der Waals surface area contributed by atoms with Crippen LogP contribution in [-0.4, -0.2) is 268 Å². The fourth-order valence-corrected chi connectivity index (χ4v) is 38.7. The van der Waals surface area contributed by atoms with Gasteiger partial charge in [0, 0.05) is 153 Å². The van der Waals surface area contributed by atoms with Gasteiger partial charge in [0.1, 0.15) is 0 Å². The summed E-state index contributed by atoms with van der Waals surface area (Å²) in [5.74, 6) is -6.99. The summed E-state index contributed by atoms with van der Waals surface area (Å²) in [6, 6.07) is 2.93. The normalized spacial score (nSPS) is 29.2. The molecular formula is C84H142O39Si7. The van der Waals surface area contributed by atoms with Crippen LogP contribution in [0.25, 0.3) is 0 Å². The number of fused-ring (bicyclic) bond motifs is 15. The van der Waals surface area contributed by atoms with Crippen molar-refractivity contribution in [2.45, 2.75) is 231 Å². The molecule has 0 aromatic rings.